The second-order valence-electron chi connectivity index (χ2n) is 3.29. The zero-order valence-electron chi connectivity index (χ0n) is 8.54. The van der Waals surface area contributed by atoms with E-state index in [4.69, 9.17) is 21.8 Å². The van der Waals surface area contributed by atoms with Crippen molar-refractivity contribution in [2.75, 3.05) is 11.1 Å². The third-order valence-electron chi connectivity index (χ3n) is 2.06. The van der Waals surface area contributed by atoms with Crippen LogP contribution in [-0.2, 0) is 0 Å². The Balaban J connectivity index is 2.15. The molecule has 0 fully saturated rings. The number of nitrogens with two attached hydrogens (primary N) is 1. The van der Waals surface area contributed by atoms with Crippen LogP contribution in [0, 0.1) is 5.82 Å². The number of anilines is 2. The minimum Gasteiger partial charge on any atom is -0.440 e. The predicted molar refractivity (Wildman–Crippen MR) is 62.5 cm³/mol. The molecule has 0 saturated carbocycles. The number of furan rings is 1. The Kier molecular flexibility index (Phi) is 3.01. The van der Waals surface area contributed by atoms with Gasteiger partial charge in [0.2, 0.25) is 0 Å². The molecule has 0 saturated heterocycles. The summed E-state index contributed by atoms with van der Waals surface area (Å²) >= 11 is 5.53. The van der Waals surface area contributed by atoms with Crippen LogP contribution in [0.3, 0.4) is 0 Å². The summed E-state index contributed by atoms with van der Waals surface area (Å²) in [6, 6.07) is 6.84. The van der Waals surface area contributed by atoms with E-state index in [-0.39, 0.29) is 22.4 Å². The number of hydrogen-bond donors (Lipinski definition) is 2. The molecule has 1 aromatic carbocycles. The first-order valence-electron chi connectivity index (χ1n) is 4.68. The first kappa shape index (κ1) is 11.5. The molecule has 2 aromatic rings. The van der Waals surface area contributed by atoms with Crippen molar-refractivity contribution in [1.29, 1.82) is 0 Å². The van der Waals surface area contributed by atoms with E-state index in [2.05, 4.69) is 5.32 Å². The minimum atomic E-state index is -0.597. The molecule has 0 aliphatic heterocycles. The van der Waals surface area contributed by atoms with Crippen LogP contribution in [0.2, 0.25) is 5.22 Å². The Bertz CT molecular complexity index is 568. The van der Waals surface area contributed by atoms with Gasteiger partial charge < -0.3 is 15.5 Å². The monoisotopic (exact) mass is 254 g/mol. The highest BCUT2D eigenvalue weighted by molar-refractivity contribution is 6.29. The van der Waals surface area contributed by atoms with E-state index in [0.29, 0.717) is 0 Å². The molecule has 0 spiro atoms. The average molecular weight is 255 g/mol. The minimum absolute atomic E-state index is 0.0176. The van der Waals surface area contributed by atoms with Gasteiger partial charge in [-0.2, -0.15) is 0 Å². The number of nitrogens with one attached hydrogen (secondary N) is 1. The summed E-state index contributed by atoms with van der Waals surface area (Å²) in [5, 5.41) is 2.56. The standard InChI is InChI=1S/C11H8ClFN2O2/c12-10-4-3-9(17-10)11(16)15-6-1-2-8(14)7(13)5-6/h1-5H,14H2,(H,15,16). The largest absolute Gasteiger partial charge is 0.440 e. The molecule has 3 N–H and O–H groups in total. The van der Waals surface area contributed by atoms with E-state index >= 15 is 0 Å². The number of rotatable bonds is 2. The van der Waals surface area contributed by atoms with E-state index in [0.717, 1.165) is 6.07 Å². The molecular weight excluding hydrogens is 247 g/mol. The third-order valence-corrected chi connectivity index (χ3v) is 2.26. The summed E-state index contributed by atoms with van der Waals surface area (Å²) in [6.07, 6.45) is 0. The number of carbonyl (C=O) groups excluding carboxylic acids is 1. The van der Waals surface area contributed by atoms with Gasteiger partial charge in [-0.05, 0) is 41.9 Å². The van der Waals surface area contributed by atoms with E-state index in [1.807, 2.05) is 0 Å². The maximum absolute atomic E-state index is 13.1. The lowest BCUT2D eigenvalue weighted by atomic mass is 10.2. The van der Waals surface area contributed by atoms with Gasteiger partial charge in [0.25, 0.3) is 5.91 Å². The summed E-state index contributed by atoms with van der Waals surface area (Å²) in [5.74, 6) is -1.06. The summed E-state index contributed by atoms with van der Waals surface area (Å²) in [7, 11) is 0. The molecule has 0 bridgehead atoms. The maximum atomic E-state index is 13.1. The van der Waals surface area contributed by atoms with Crippen LogP contribution in [0.1, 0.15) is 10.6 Å². The van der Waals surface area contributed by atoms with Crippen LogP contribution in [-0.4, -0.2) is 5.91 Å². The Hall–Kier alpha value is -2.01. The van der Waals surface area contributed by atoms with Gasteiger partial charge in [0.05, 0.1) is 5.69 Å². The van der Waals surface area contributed by atoms with Crippen molar-refractivity contribution in [3.8, 4) is 0 Å². The van der Waals surface area contributed by atoms with Crippen LogP contribution >= 0.6 is 11.6 Å². The lowest BCUT2D eigenvalue weighted by Crippen LogP contribution is -2.11. The number of amides is 1. The SMILES string of the molecule is Nc1ccc(NC(=O)c2ccc(Cl)o2)cc1F. The van der Waals surface area contributed by atoms with Crippen LogP contribution < -0.4 is 11.1 Å². The second kappa shape index (κ2) is 4.47. The van der Waals surface area contributed by atoms with E-state index < -0.39 is 11.7 Å². The Morgan fingerprint density at radius 2 is 2.12 bits per heavy atom. The van der Waals surface area contributed by atoms with Gasteiger partial charge in [0, 0.05) is 5.69 Å². The zero-order chi connectivity index (χ0) is 12.4. The van der Waals surface area contributed by atoms with Gasteiger partial charge in [-0.1, -0.05) is 0 Å². The second-order valence-corrected chi connectivity index (χ2v) is 3.67. The lowest BCUT2D eigenvalue weighted by molar-refractivity contribution is 0.0997. The van der Waals surface area contributed by atoms with E-state index in [9.17, 15) is 9.18 Å². The highest BCUT2D eigenvalue weighted by Crippen LogP contribution is 2.18. The van der Waals surface area contributed by atoms with Crippen LogP contribution in [0.15, 0.2) is 34.7 Å². The molecule has 1 amide bonds. The quantitative estimate of drug-likeness (QED) is 0.810. The molecule has 0 radical (unpaired) electrons. The normalized spacial score (nSPS) is 10.2. The highest BCUT2D eigenvalue weighted by atomic mass is 35.5. The molecule has 1 aromatic heterocycles. The number of nitrogen functional groups attached to an aromatic ring is 1. The van der Waals surface area contributed by atoms with Crippen LogP contribution in [0.4, 0.5) is 15.8 Å². The molecule has 4 nitrogen and oxygen atoms in total. The van der Waals surface area contributed by atoms with Crippen molar-refractivity contribution < 1.29 is 13.6 Å². The molecule has 2 rings (SSSR count). The summed E-state index contributed by atoms with van der Waals surface area (Å²) < 4.78 is 18.0. The molecule has 0 atom stereocenters. The third kappa shape index (κ3) is 2.57. The number of halogens is 2. The summed E-state index contributed by atoms with van der Waals surface area (Å²) in [6.45, 7) is 0. The fraction of sp³-hybridized carbons (Fsp3) is 0. The first-order valence-corrected chi connectivity index (χ1v) is 5.06. The molecule has 1 heterocycles. The molecule has 0 aliphatic rings. The highest BCUT2D eigenvalue weighted by Gasteiger charge is 2.11. The summed E-state index contributed by atoms with van der Waals surface area (Å²) in [5.41, 5.74) is 5.61. The molecule has 17 heavy (non-hydrogen) atoms. The fourth-order valence-corrected chi connectivity index (χ4v) is 1.38. The van der Waals surface area contributed by atoms with Gasteiger partial charge in [0.15, 0.2) is 11.0 Å². The zero-order valence-corrected chi connectivity index (χ0v) is 9.29. The molecule has 88 valence electrons. The molecular formula is C11H8ClFN2O2. The average Bonchev–Trinajstić information content (AvgIpc) is 2.70. The Morgan fingerprint density at radius 3 is 2.71 bits per heavy atom. The Labute approximate surface area is 101 Å². The van der Waals surface area contributed by atoms with Gasteiger partial charge in [-0.15, -0.1) is 0 Å². The van der Waals surface area contributed by atoms with Gasteiger partial charge >= 0.3 is 0 Å². The van der Waals surface area contributed by atoms with Crippen molar-refractivity contribution in [1.82, 2.24) is 0 Å². The van der Waals surface area contributed by atoms with E-state index in [1.165, 1.54) is 24.3 Å². The first-order chi connectivity index (χ1) is 8.06. The van der Waals surface area contributed by atoms with Crippen LogP contribution in [0.5, 0.6) is 0 Å². The van der Waals surface area contributed by atoms with Crippen molar-refractivity contribution in [2.24, 2.45) is 0 Å². The van der Waals surface area contributed by atoms with Crippen molar-refractivity contribution in [3.05, 3.63) is 47.1 Å². The fourth-order valence-electron chi connectivity index (χ4n) is 1.23. The van der Waals surface area contributed by atoms with Crippen molar-refractivity contribution in [2.45, 2.75) is 0 Å². The molecule has 0 unspecified atom stereocenters. The number of benzene rings is 1. The maximum Gasteiger partial charge on any atom is 0.291 e. The topological polar surface area (TPSA) is 68.3 Å². The van der Waals surface area contributed by atoms with Crippen molar-refractivity contribution >= 4 is 28.9 Å². The molecule has 6 heteroatoms. The lowest BCUT2D eigenvalue weighted by Gasteiger charge is -2.04. The van der Waals surface area contributed by atoms with Crippen LogP contribution in [0.25, 0.3) is 0 Å². The number of carbonyl (C=O) groups is 1. The van der Waals surface area contributed by atoms with E-state index in [1.54, 1.807) is 0 Å². The Morgan fingerprint density at radius 1 is 1.35 bits per heavy atom. The van der Waals surface area contributed by atoms with Gasteiger partial charge in [-0.3, -0.25) is 4.79 Å². The molecule has 0 aliphatic carbocycles. The summed E-state index contributed by atoms with van der Waals surface area (Å²) in [4.78, 5) is 11.6. The van der Waals surface area contributed by atoms with Crippen molar-refractivity contribution in [3.63, 3.8) is 0 Å². The number of hydrogen-bond acceptors (Lipinski definition) is 3. The smallest absolute Gasteiger partial charge is 0.291 e. The predicted octanol–water partition coefficient (Wildman–Crippen LogP) is 2.91. The van der Waals surface area contributed by atoms with Gasteiger partial charge in [0.1, 0.15) is 5.82 Å². The van der Waals surface area contributed by atoms with Gasteiger partial charge in [-0.25, -0.2) is 4.39 Å².